The Labute approximate surface area is 157 Å². The molecular weight excluding hydrogens is 340 g/mol. The fourth-order valence-corrected chi connectivity index (χ4v) is 2.82. The SMILES string of the molecule is COc1ccc(C(=O)CCCC(=O)NC(C)(CN)CC(C)C)cc1.Cl. The second-order valence-corrected chi connectivity index (χ2v) is 6.92. The summed E-state index contributed by atoms with van der Waals surface area (Å²) in [7, 11) is 1.59. The summed E-state index contributed by atoms with van der Waals surface area (Å²) in [6.07, 6.45) is 2.04. The number of carbonyl (C=O) groups excluding carboxylic acids is 2. The van der Waals surface area contributed by atoms with Crippen LogP contribution in [0, 0.1) is 5.92 Å². The first-order chi connectivity index (χ1) is 11.3. The molecule has 1 unspecified atom stereocenters. The summed E-state index contributed by atoms with van der Waals surface area (Å²) >= 11 is 0. The molecule has 0 fully saturated rings. The molecule has 1 aromatic rings. The molecule has 1 rings (SSSR count). The molecule has 0 bridgehead atoms. The average Bonchev–Trinajstić information content (AvgIpc) is 2.54. The summed E-state index contributed by atoms with van der Waals surface area (Å²) in [5.41, 5.74) is 6.06. The minimum atomic E-state index is -0.384. The second-order valence-electron chi connectivity index (χ2n) is 6.92. The number of Topliss-reactive ketones (excluding diaryl/α,β-unsaturated/α-hetero) is 1. The highest BCUT2D eigenvalue weighted by atomic mass is 35.5. The number of carbonyl (C=O) groups is 2. The Morgan fingerprint density at radius 3 is 2.28 bits per heavy atom. The average molecular weight is 371 g/mol. The van der Waals surface area contributed by atoms with Gasteiger partial charge in [-0.05, 0) is 49.9 Å². The number of benzene rings is 1. The van der Waals surface area contributed by atoms with Gasteiger partial charge in [-0.1, -0.05) is 13.8 Å². The molecule has 0 saturated heterocycles. The van der Waals surface area contributed by atoms with Crippen LogP contribution in [0.4, 0.5) is 0 Å². The fraction of sp³-hybridized carbons (Fsp3) is 0.579. The van der Waals surface area contributed by atoms with E-state index in [0.717, 1.165) is 12.2 Å². The van der Waals surface area contributed by atoms with E-state index >= 15 is 0 Å². The van der Waals surface area contributed by atoms with Crippen molar-refractivity contribution in [2.45, 2.75) is 52.0 Å². The van der Waals surface area contributed by atoms with Crippen LogP contribution >= 0.6 is 12.4 Å². The maximum absolute atomic E-state index is 12.1. The van der Waals surface area contributed by atoms with Crippen molar-refractivity contribution in [1.29, 1.82) is 0 Å². The Kier molecular flexibility index (Phi) is 10.4. The third-order valence-corrected chi connectivity index (χ3v) is 3.97. The van der Waals surface area contributed by atoms with Gasteiger partial charge in [-0.25, -0.2) is 0 Å². The molecule has 0 aromatic heterocycles. The quantitative estimate of drug-likeness (QED) is 0.619. The third-order valence-electron chi connectivity index (χ3n) is 3.97. The Balaban J connectivity index is 0.00000576. The van der Waals surface area contributed by atoms with Crippen LogP contribution < -0.4 is 15.8 Å². The van der Waals surface area contributed by atoms with Gasteiger partial charge in [-0.3, -0.25) is 9.59 Å². The van der Waals surface area contributed by atoms with E-state index in [0.29, 0.717) is 37.3 Å². The van der Waals surface area contributed by atoms with Crippen LogP contribution in [0.2, 0.25) is 0 Å². The number of methoxy groups -OCH3 is 1. The van der Waals surface area contributed by atoms with Gasteiger partial charge in [0.05, 0.1) is 7.11 Å². The molecule has 0 saturated carbocycles. The highest BCUT2D eigenvalue weighted by molar-refractivity contribution is 5.96. The molecular formula is C19H31ClN2O3. The zero-order valence-corrected chi connectivity index (χ0v) is 16.4. The molecule has 6 heteroatoms. The van der Waals surface area contributed by atoms with Gasteiger partial charge in [0.15, 0.2) is 5.78 Å². The van der Waals surface area contributed by atoms with Gasteiger partial charge >= 0.3 is 0 Å². The van der Waals surface area contributed by atoms with E-state index < -0.39 is 0 Å². The highest BCUT2D eigenvalue weighted by Gasteiger charge is 2.25. The minimum Gasteiger partial charge on any atom is -0.497 e. The largest absolute Gasteiger partial charge is 0.497 e. The molecule has 0 spiro atoms. The number of ketones is 1. The zero-order valence-electron chi connectivity index (χ0n) is 15.6. The van der Waals surface area contributed by atoms with Gasteiger partial charge in [0.1, 0.15) is 5.75 Å². The Morgan fingerprint density at radius 2 is 1.80 bits per heavy atom. The Bertz CT molecular complexity index is 546. The lowest BCUT2D eigenvalue weighted by molar-refractivity contribution is -0.123. The number of amides is 1. The first-order valence-corrected chi connectivity index (χ1v) is 8.48. The summed E-state index contributed by atoms with van der Waals surface area (Å²) in [5.74, 6) is 1.16. The molecule has 0 heterocycles. The van der Waals surface area contributed by atoms with Gasteiger partial charge in [0.25, 0.3) is 0 Å². The van der Waals surface area contributed by atoms with Crippen molar-refractivity contribution in [3.05, 3.63) is 29.8 Å². The molecule has 1 atom stereocenters. The molecule has 0 aliphatic heterocycles. The molecule has 142 valence electrons. The molecule has 0 aliphatic rings. The van der Waals surface area contributed by atoms with Gasteiger partial charge < -0.3 is 15.8 Å². The lowest BCUT2D eigenvalue weighted by Gasteiger charge is -2.31. The van der Waals surface area contributed by atoms with E-state index in [9.17, 15) is 9.59 Å². The number of ether oxygens (including phenoxy) is 1. The van der Waals surface area contributed by atoms with E-state index in [2.05, 4.69) is 19.2 Å². The minimum absolute atomic E-state index is 0. The number of rotatable bonds is 10. The van der Waals surface area contributed by atoms with Crippen molar-refractivity contribution in [1.82, 2.24) is 5.32 Å². The van der Waals surface area contributed by atoms with Gasteiger partial charge in [-0.15, -0.1) is 12.4 Å². The number of nitrogens with one attached hydrogen (secondary N) is 1. The van der Waals surface area contributed by atoms with Crippen molar-refractivity contribution in [3.8, 4) is 5.75 Å². The van der Waals surface area contributed by atoms with Crippen molar-refractivity contribution >= 4 is 24.1 Å². The summed E-state index contributed by atoms with van der Waals surface area (Å²) in [6.45, 7) is 6.58. The standard InChI is InChI=1S/C19H30N2O3.ClH/c1-14(2)12-19(3,13-20)21-18(23)7-5-6-17(22)15-8-10-16(24-4)11-9-15;/h8-11,14H,5-7,12-13,20H2,1-4H3,(H,21,23);1H. The topological polar surface area (TPSA) is 81.4 Å². The van der Waals surface area contributed by atoms with Crippen LogP contribution in [0.1, 0.15) is 56.8 Å². The third kappa shape index (κ3) is 8.36. The molecule has 25 heavy (non-hydrogen) atoms. The van der Waals surface area contributed by atoms with Gasteiger partial charge in [-0.2, -0.15) is 0 Å². The van der Waals surface area contributed by atoms with Crippen LogP contribution in [0.5, 0.6) is 5.75 Å². The smallest absolute Gasteiger partial charge is 0.220 e. The van der Waals surface area contributed by atoms with E-state index in [1.54, 1.807) is 31.4 Å². The lowest BCUT2D eigenvalue weighted by Crippen LogP contribution is -2.52. The predicted octanol–water partition coefficient (Wildman–Crippen LogP) is 3.35. The fourth-order valence-electron chi connectivity index (χ4n) is 2.82. The first kappa shape index (κ1) is 23.4. The van der Waals surface area contributed by atoms with E-state index in [-0.39, 0.29) is 29.6 Å². The Hall–Kier alpha value is -1.59. The maximum atomic E-state index is 12.1. The molecule has 3 N–H and O–H groups in total. The van der Waals surface area contributed by atoms with Crippen molar-refractivity contribution in [2.24, 2.45) is 11.7 Å². The predicted molar refractivity (Wildman–Crippen MR) is 103 cm³/mol. The highest BCUT2D eigenvalue weighted by Crippen LogP contribution is 2.16. The van der Waals surface area contributed by atoms with Crippen LogP contribution in [0.15, 0.2) is 24.3 Å². The van der Waals surface area contributed by atoms with E-state index in [1.807, 2.05) is 6.92 Å². The molecule has 0 aliphatic carbocycles. The summed E-state index contributed by atoms with van der Waals surface area (Å²) in [4.78, 5) is 24.2. The van der Waals surface area contributed by atoms with Crippen LogP contribution in [-0.2, 0) is 4.79 Å². The number of nitrogens with two attached hydrogens (primary N) is 1. The van der Waals surface area contributed by atoms with Crippen molar-refractivity contribution in [3.63, 3.8) is 0 Å². The molecule has 1 amide bonds. The van der Waals surface area contributed by atoms with Crippen molar-refractivity contribution < 1.29 is 14.3 Å². The summed E-state index contributed by atoms with van der Waals surface area (Å²) in [5, 5.41) is 3.01. The molecule has 5 nitrogen and oxygen atoms in total. The number of hydrogen-bond acceptors (Lipinski definition) is 4. The summed E-state index contributed by atoms with van der Waals surface area (Å²) in [6, 6.07) is 7.02. The van der Waals surface area contributed by atoms with Crippen LogP contribution in [0.25, 0.3) is 0 Å². The first-order valence-electron chi connectivity index (χ1n) is 8.48. The maximum Gasteiger partial charge on any atom is 0.220 e. The molecule has 1 aromatic carbocycles. The van der Waals surface area contributed by atoms with Crippen molar-refractivity contribution in [2.75, 3.05) is 13.7 Å². The molecule has 0 radical (unpaired) electrons. The van der Waals surface area contributed by atoms with Crippen LogP contribution in [0.3, 0.4) is 0 Å². The second kappa shape index (κ2) is 11.1. The normalized spacial score (nSPS) is 12.9. The Morgan fingerprint density at radius 1 is 1.20 bits per heavy atom. The van der Waals surface area contributed by atoms with Gasteiger partial charge in [0.2, 0.25) is 5.91 Å². The zero-order chi connectivity index (χ0) is 18.2. The number of hydrogen-bond donors (Lipinski definition) is 2. The number of halogens is 1. The van der Waals surface area contributed by atoms with E-state index in [1.165, 1.54) is 0 Å². The summed E-state index contributed by atoms with van der Waals surface area (Å²) < 4.78 is 5.07. The van der Waals surface area contributed by atoms with E-state index in [4.69, 9.17) is 10.5 Å². The van der Waals surface area contributed by atoms with Gasteiger partial charge in [0, 0.05) is 30.5 Å². The lowest BCUT2D eigenvalue weighted by atomic mass is 9.90. The van der Waals surface area contributed by atoms with Crippen LogP contribution in [-0.4, -0.2) is 30.9 Å². The monoisotopic (exact) mass is 370 g/mol.